The van der Waals surface area contributed by atoms with Crippen LogP contribution in [0.15, 0.2) is 30.7 Å². The highest BCUT2D eigenvalue weighted by Crippen LogP contribution is 2.23. The molecule has 3 aromatic heterocycles. The first-order valence-corrected chi connectivity index (χ1v) is 10.8. The van der Waals surface area contributed by atoms with Crippen molar-refractivity contribution in [2.75, 3.05) is 4.31 Å². The number of fused-ring (bicyclic) bond motifs is 1. The van der Waals surface area contributed by atoms with E-state index in [9.17, 15) is 9.59 Å². The molecule has 1 fully saturated rings. The Morgan fingerprint density at radius 2 is 1.94 bits per heavy atom. The molecule has 0 saturated heterocycles. The number of urea groups is 1. The zero-order valence-corrected chi connectivity index (χ0v) is 19.0. The number of carbonyl (C=O) groups is 2. The predicted molar refractivity (Wildman–Crippen MR) is 122 cm³/mol. The summed E-state index contributed by atoms with van der Waals surface area (Å²) >= 11 is 4.31. The number of thiol groups is 1. The van der Waals surface area contributed by atoms with Gasteiger partial charge in [-0.15, -0.1) is 0 Å². The first-order valence-electron chi connectivity index (χ1n) is 10.4. The summed E-state index contributed by atoms with van der Waals surface area (Å²) in [4.78, 5) is 38.0. The van der Waals surface area contributed by atoms with Gasteiger partial charge in [-0.3, -0.25) is 4.98 Å². The molecular formula is C21H25N7O3S. The number of amides is 2. The van der Waals surface area contributed by atoms with Crippen LogP contribution in [0, 0.1) is 0 Å². The second-order valence-corrected chi connectivity index (χ2v) is 9.06. The number of hydrogen-bond donors (Lipinski definition) is 2. The maximum absolute atomic E-state index is 12.5. The van der Waals surface area contributed by atoms with Crippen LogP contribution in [0.2, 0.25) is 0 Å². The molecule has 1 saturated carbocycles. The molecule has 4 rings (SSSR count). The summed E-state index contributed by atoms with van der Waals surface area (Å²) in [6.07, 6.45) is 8.21. The van der Waals surface area contributed by atoms with Crippen molar-refractivity contribution in [2.24, 2.45) is 0 Å². The monoisotopic (exact) mass is 455 g/mol. The van der Waals surface area contributed by atoms with Crippen molar-refractivity contribution in [3.8, 4) is 11.3 Å². The third-order valence-corrected chi connectivity index (χ3v) is 5.33. The number of anilines is 1. The molecule has 0 spiro atoms. The molecule has 1 aliphatic rings. The van der Waals surface area contributed by atoms with Crippen LogP contribution in [0.3, 0.4) is 0 Å². The third-order valence-electron chi connectivity index (χ3n) is 4.94. The molecule has 11 heteroatoms. The normalized spacial score (nSPS) is 14.5. The standard InChI is InChI=1S/C21H25N7O3S/c1-21(2,3)31-20(30)27-12-13(10-23-27)16-11-22-15-8-9-17(26-18(15)25-16)28(32)19(29)24-14-6-4-5-7-14/h8-12,14,32H,4-7H2,1-3H3,(H,24,29). The van der Waals surface area contributed by atoms with Gasteiger partial charge in [-0.05, 0) is 45.7 Å². The molecular weight excluding hydrogens is 430 g/mol. The highest BCUT2D eigenvalue weighted by atomic mass is 32.1. The first kappa shape index (κ1) is 22.0. The van der Waals surface area contributed by atoms with E-state index in [0.717, 1.165) is 30.4 Å². The molecule has 0 radical (unpaired) electrons. The lowest BCUT2D eigenvalue weighted by atomic mass is 10.2. The van der Waals surface area contributed by atoms with Gasteiger partial charge in [0.25, 0.3) is 0 Å². The number of nitrogens with zero attached hydrogens (tertiary/aromatic N) is 6. The predicted octanol–water partition coefficient (Wildman–Crippen LogP) is 3.97. The molecule has 2 amide bonds. The van der Waals surface area contributed by atoms with Gasteiger partial charge >= 0.3 is 12.1 Å². The zero-order valence-electron chi connectivity index (χ0n) is 18.1. The van der Waals surface area contributed by atoms with E-state index in [2.05, 4.69) is 38.2 Å². The van der Waals surface area contributed by atoms with Crippen molar-refractivity contribution >= 4 is 41.9 Å². The lowest BCUT2D eigenvalue weighted by Crippen LogP contribution is -2.40. The number of nitrogens with one attached hydrogen (secondary N) is 1. The third kappa shape index (κ3) is 4.98. The number of carbonyl (C=O) groups excluding carboxylic acids is 2. The quantitative estimate of drug-likeness (QED) is 0.574. The second-order valence-electron chi connectivity index (χ2n) is 8.66. The van der Waals surface area contributed by atoms with E-state index in [1.807, 2.05) is 0 Å². The molecule has 0 atom stereocenters. The Morgan fingerprint density at radius 3 is 2.66 bits per heavy atom. The van der Waals surface area contributed by atoms with Crippen molar-refractivity contribution in [1.82, 2.24) is 30.0 Å². The SMILES string of the molecule is CC(C)(C)OC(=O)n1cc(-c2cnc3ccc(N(S)C(=O)NC4CCCC4)nc3n2)cn1. The lowest BCUT2D eigenvalue weighted by Gasteiger charge is -2.19. The van der Waals surface area contributed by atoms with Crippen molar-refractivity contribution in [3.05, 3.63) is 30.7 Å². The maximum Gasteiger partial charge on any atom is 0.435 e. The average Bonchev–Trinajstić information content (AvgIpc) is 3.43. The van der Waals surface area contributed by atoms with Gasteiger partial charge < -0.3 is 10.1 Å². The number of ether oxygens (including phenoxy) is 1. The molecule has 0 unspecified atom stereocenters. The van der Waals surface area contributed by atoms with Crippen LogP contribution >= 0.6 is 12.8 Å². The Labute approximate surface area is 190 Å². The van der Waals surface area contributed by atoms with Gasteiger partial charge in [-0.25, -0.2) is 23.9 Å². The minimum atomic E-state index is -0.630. The van der Waals surface area contributed by atoms with Gasteiger partial charge in [0, 0.05) is 17.8 Å². The van der Waals surface area contributed by atoms with Crippen LogP contribution in [0.5, 0.6) is 0 Å². The van der Waals surface area contributed by atoms with E-state index in [0.29, 0.717) is 28.2 Å². The number of rotatable bonds is 3. The minimum absolute atomic E-state index is 0.172. The van der Waals surface area contributed by atoms with Crippen LogP contribution in [-0.2, 0) is 4.74 Å². The van der Waals surface area contributed by atoms with Gasteiger partial charge in [0.2, 0.25) is 0 Å². The zero-order chi connectivity index (χ0) is 22.9. The summed E-state index contributed by atoms with van der Waals surface area (Å²) in [6.45, 7) is 5.35. The number of hydrogen-bond acceptors (Lipinski definition) is 8. The van der Waals surface area contributed by atoms with E-state index in [4.69, 9.17) is 4.74 Å². The topological polar surface area (TPSA) is 115 Å². The van der Waals surface area contributed by atoms with E-state index >= 15 is 0 Å². The molecule has 3 heterocycles. The van der Waals surface area contributed by atoms with Crippen LogP contribution in [0.1, 0.15) is 46.5 Å². The Hall–Kier alpha value is -3.21. The molecule has 32 heavy (non-hydrogen) atoms. The molecule has 1 aliphatic carbocycles. The smallest absolute Gasteiger partial charge is 0.435 e. The Morgan fingerprint density at radius 1 is 1.19 bits per heavy atom. The Kier molecular flexibility index (Phi) is 6.00. The highest BCUT2D eigenvalue weighted by Gasteiger charge is 2.22. The van der Waals surface area contributed by atoms with Gasteiger partial charge in [0.15, 0.2) is 5.65 Å². The summed E-state index contributed by atoms with van der Waals surface area (Å²) in [6, 6.07) is 3.24. The molecule has 3 aromatic rings. The van der Waals surface area contributed by atoms with Crippen molar-refractivity contribution in [1.29, 1.82) is 0 Å². The highest BCUT2D eigenvalue weighted by molar-refractivity contribution is 7.82. The molecule has 1 N–H and O–H groups in total. The molecule has 168 valence electrons. The number of aromatic nitrogens is 5. The summed E-state index contributed by atoms with van der Waals surface area (Å²) < 4.78 is 7.60. The average molecular weight is 456 g/mol. The van der Waals surface area contributed by atoms with Gasteiger partial charge in [0.1, 0.15) is 16.9 Å². The Balaban J connectivity index is 1.55. The van der Waals surface area contributed by atoms with E-state index < -0.39 is 11.7 Å². The lowest BCUT2D eigenvalue weighted by molar-refractivity contribution is 0.0514. The maximum atomic E-state index is 12.5. The largest absolute Gasteiger partial charge is 0.442 e. The molecule has 0 aliphatic heterocycles. The summed E-state index contributed by atoms with van der Waals surface area (Å²) in [5, 5.41) is 7.03. The second kappa shape index (κ2) is 8.73. The molecule has 0 aromatic carbocycles. The summed E-state index contributed by atoms with van der Waals surface area (Å²) in [7, 11) is 0. The fourth-order valence-electron chi connectivity index (χ4n) is 3.42. The van der Waals surface area contributed by atoms with Gasteiger partial charge in [-0.1, -0.05) is 25.7 Å². The fraction of sp³-hybridized carbons (Fsp3) is 0.429. The molecule has 0 bridgehead atoms. The van der Waals surface area contributed by atoms with Crippen molar-refractivity contribution in [2.45, 2.75) is 58.1 Å². The first-order chi connectivity index (χ1) is 15.2. The summed E-state index contributed by atoms with van der Waals surface area (Å²) in [5.41, 5.74) is 1.35. The fourth-order valence-corrected chi connectivity index (χ4v) is 3.59. The molecule has 10 nitrogen and oxygen atoms in total. The van der Waals surface area contributed by atoms with Gasteiger partial charge in [-0.2, -0.15) is 9.78 Å². The van der Waals surface area contributed by atoms with Crippen molar-refractivity contribution < 1.29 is 14.3 Å². The van der Waals surface area contributed by atoms with Crippen molar-refractivity contribution in [3.63, 3.8) is 0 Å². The van der Waals surface area contributed by atoms with Crippen LogP contribution in [0.4, 0.5) is 15.4 Å². The number of pyridine rings is 1. The summed E-state index contributed by atoms with van der Waals surface area (Å²) in [5.74, 6) is 0.340. The van der Waals surface area contributed by atoms with Gasteiger partial charge in [0.05, 0.1) is 18.1 Å². The van der Waals surface area contributed by atoms with E-state index in [1.54, 1.807) is 39.1 Å². The van der Waals surface area contributed by atoms with Crippen LogP contribution < -0.4 is 9.62 Å². The minimum Gasteiger partial charge on any atom is -0.442 e. The van der Waals surface area contributed by atoms with Crippen LogP contribution in [-0.4, -0.2) is 48.5 Å². The van der Waals surface area contributed by atoms with Crippen LogP contribution in [0.25, 0.3) is 22.4 Å². The van der Waals surface area contributed by atoms with E-state index in [-0.39, 0.29) is 12.1 Å². The Bertz CT molecular complexity index is 1150. The van der Waals surface area contributed by atoms with E-state index in [1.165, 1.54) is 16.7 Å².